The second-order valence-electron chi connectivity index (χ2n) is 19.7. The molecule has 0 saturated carbocycles. The zero-order valence-electron chi connectivity index (χ0n) is 42.4. The van der Waals surface area contributed by atoms with E-state index in [0.717, 1.165) is 32.1 Å². The molecule has 0 heterocycles. The van der Waals surface area contributed by atoms with Crippen LogP contribution < -0.4 is 5.32 Å². The van der Waals surface area contributed by atoms with E-state index in [-0.39, 0.29) is 12.5 Å². The van der Waals surface area contributed by atoms with Crippen molar-refractivity contribution in [1.29, 1.82) is 0 Å². The monoisotopic (exact) mass is 872 g/mol. The quantitative estimate of drug-likeness (QED) is 0.0421. The predicted molar refractivity (Wildman–Crippen MR) is 276 cm³/mol. The molecule has 0 bridgehead atoms. The van der Waals surface area contributed by atoms with Crippen molar-refractivity contribution in [3.8, 4) is 0 Å². The van der Waals surface area contributed by atoms with Crippen molar-refractivity contribution in [2.75, 3.05) is 6.61 Å². The van der Waals surface area contributed by atoms with Crippen molar-refractivity contribution in [3.05, 3.63) is 24.3 Å². The van der Waals surface area contributed by atoms with E-state index in [0.29, 0.717) is 6.42 Å². The SMILES string of the molecule is CCCCCCCCCCCCCCCCCCCCC/C=C/CC/C=C/C(O)C(CO)NC(=O)CCCCCCCCCCCCCCCCCCCCCCCCCCC. The average molecular weight is 873 g/mol. The molecule has 2 unspecified atom stereocenters. The zero-order chi connectivity index (χ0) is 44.9. The molecule has 62 heavy (non-hydrogen) atoms. The maximum absolute atomic E-state index is 12.5. The molecule has 0 radical (unpaired) electrons. The second-order valence-corrected chi connectivity index (χ2v) is 19.7. The Hall–Kier alpha value is -1.13. The Bertz CT molecular complexity index is 901. The van der Waals surface area contributed by atoms with E-state index in [4.69, 9.17) is 0 Å². The average Bonchev–Trinajstić information content (AvgIpc) is 3.28. The number of unbranched alkanes of at least 4 members (excludes halogenated alkanes) is 44. The van der Waals surface area contributed by atoms with Gasteiger partial charge in [0, 0.05) is 6.42 Å². The van der Waals surface area contributed by atoms with Crippen LogP contribution in [-0.4, -0.2) is 34.9 Å². The summed E-state index contributed by atoms with van der Waals surface area (Å²) in [6.07, 6.45) is 72.1. The Balaban J connectivity index is 3.49. The third-order valence-corrected chi connectivity index (χ3v) is 13.4. The van der Waals surface area contributed by atoms with Crippen molar-refractivity contribution in [1.82, 2.24) is 5.32 Å². The van der Waals surface area contributed by atoms with E-state index in [2.05, 4.69) is 31.3 Å². The van der Waals surface area contributed by atoms with Gasteiger partial charge in [-0.1, -0.05) is 308 Å². The van der Waals surface area contributed by atoms with Crippen molar-refractivity contribution in [3.63, 3.8) is 0 Å². The number of amides is 1. The first-order chi connectivity index (χ1) is 30.7. The summed E-state index contributed by atoms with van der Waals surface area (Å²) in [5.74, 6) is -0.0664. The molecule has 0 aliphatic rings. The lowest BCUT2D eigenvalue weighted by Crippen LogP contribution is -2.45. The van der Waals surface area contributed by atoms with Crippen molar-refractivity contribution in [2.24, 2.45) is 0 Å². The summed E-state index contributed by atoms with van der Waals surface area (Å²) in [6, 6.07) is -0.636. The minimum Gasteiger partial charge on any atom is -0.394 e. The molecule has 3 N–H and O–H groups in total. The molecule has 0 rings (SSSR count). The number of allylic oxidation sites excluding steroid dienone is 3. The molecule has 4 heteroatoms. The molecule has 0 aromatic rings. The number of nitrogens with one attached hydrogen (secondary N) is 1. The molecular weight excluding hydrogens is 759 g/mol. The molecule has 0 aromatic carbocycles. The minimum absolute atomic E-state index is 0.0664. The highest BCUT2D eigenvalue weighted by Crippen LogP contribution is 2.18. The van der Waals surface area contributed by atoms with Gasteiger partial charge in [0.15, 0.2) is 0 Å². The van der Waals surface area contributed by atoms with Gasteiger partial charge in [-0.05, 0) is 32.1 Å². The van der Waals surface area contributed by atoms with Gasteiger partial charge in [0.2, 0.25) is 5.91 Å². The molecule has 1 amide bonds. The van der Waals surface area contributed by atoms with Gasteiger partial charge in [0.1, 0.15) is 0 Å². The first kappa shape index (κ1) is 60.9. The highest BCUT2D eigenvalue weighted by Gasteiger charge is 2.18. The minimum atomic E-state index is -0.860. The largest absolute Gasteiger partial charge is 0.394 e. The number of carbonyl (C=O) groups excluding carboxylic acids is 1. The zero-order valence-corrected chi connectivity index (χ0v) is 42.4. The van der Waals surface area contributed by atoms with Gasteiger partial charge in [0.25, 0.3) is 0 Å². The molecule has 2 atom stereocenters. The van der Waals surface area contributed by atoms with Crippen LogP contribution in [0.25, 0.3) is 0 Å². The van der Waals surface area contributed by atoms with Gasteiger partial charge in [-0.3, -0.25) is 4.79 Å². The summed E-state index contributed by atoms with van der Waals surface area (Å²) in [5.41, 5.74) is 0. The first-order valence-electron chi connectivity index (χ1n) is 28.6. The predicted octanol–water partition coefficient (Wildman–Crippen LogP) is 18.7. The molecule has 4 nitrogen and oxygen atoms in total. The second kappa shape index (κ2) is 54.2. The number of rotatable bonds is 53. The van der Waals surface area contributed by atoms with Crippen LogP contribution >= 0.6 is 0 Å². The third-order valence-electron chi connectivity index (χ3n) is 13.4. The van der Waals surface area contributed by atoms with Gasteiger partial charge in [-0.15, -0.1) is 0 Å². The highest BCUT2D eigenvalue weighted by molar-refractivity contribution is 5.76. The fraction of sp³-hybridized carbons (Fsp3) is 0.914. The molecular formula is C58H113NO3. The van der Waals surface area contributed by atoms with Crippen LogP contribution in [0.1, 0.15) is 322 Å². The smallest absolute Gasteiger partial charge is 0.220 e. The number of aliphatic hydroxyl groups excluding tert-OH is 2. The van der Waals surface area contributed by atoms with Crippen LogP contribution in [-0.2, 0) is 4.79 Å². The number of aliphatic hydroxyl groups is 2. The normalized spacial score (nSPS) is 12.9. The summed E-state index contributed by atoms with van der Waals surface area (Å²) >= 11 is 0. The van der Waals surface area contributed by atoms with Gasteiger partial charge in [0.05, 0.1) is 18.8 Å². The van der Waals surface area contributed by atoms with Crippen LogP contribution in [0, 0.1) is 0 Å². The van der Waals surface area contributed by atoms with E-state index in [9.17, 15) is 15.0 Å². The molecule has 0 spiro atoms. The highest BCUT2D eigenvalue weighted by atomic mass is 16.3. The Morgan fingerprint density at radius 3 is 0.935 bits per heavy atom. The molecule has 0 aliphatic carbocycles. The van der Waals surface area contributed by atoms with E-state index >= 15 is 0 Å². The van der Waals surface area contributed by atoms with Crippen molar-refractivity contribution >= 4 is 5.91 Å². The Morgan fingerprint density at radius 2 is 0.629 bits per heavy atom. The third kappa shape index (κ3) is 49.9. The number of hydrogen-bond acceptors (Lipinski definition) is 3. The standard InChI is InChI=1S/C58H113NO3/c1-3-5-7-9-11-13-15-17-19-21-23-25-27-29-31-33-35-37-39-41-43-45-47-49-51-53-57(61)56(55-60)59-58(62)54-52-50-48-46-44-42-40-38-36-34-32-30-28-26-24-22-20-18-16-14-12-10-8-6-4-2/h43,45,51,53,56-57,60-61H,3-42,44,46-50,52,54-55H2,1-2H3,(H,59,62)/b45-43+,53-51+. The van der Waals surface area contributed by atoms with E-state index in [1.165, 1.54) is 270 Å². The maximum Gasteiger partial charge on any atom is 0.220 e. The summed E-state index contributed by atoms with van der Waals surface area (Å²) in [4.78, 5) is 12.5. The van der Waals surface area contributed by atoms with Crippen LogP contribution in [0.5, 0.6) is 0 Å². The Kier molecular flexibility index (Phi) is 53.2. The van der Waals surface area contributed by atoms with Crippen LogP contribution in [0.2, 0.25) is 0 Å². The fourth-order valence-corrected chi connectivity index (χ4v) is 9.08. The number of hydrogen-bond donors (Lipinski definition) is 3. The summed E-state index contributed by atoms with van der Waals surface area (Å²) in [5, 5.41) is 23.2. The molecule has 0 aromatic heterocycles. The Labute approximate surface area is 389 Å². The van der Waals surface area contributed by atoms with Crippen molar-refractivity contribution < 1.29 is 15.0 Å². The molecule has 0 saturated heterocycles. The maximum atomic E-state index is 12.5. The van der Waals surface area contributed by atoms with Gasteiger partial charge in [-0.2, -0.15) is 0 Å². The van der Waals surface area contributed by atoms with Crippen molar-refractivity contribution in [2.45, 2.75) is 334 Å². The number of carbonyl (C=O) groups is 1. The summed E-state index contributed by atoms with van der Waals surface area (Å²) < 4.78 is 0. The summed E-state index contributed by atoms with van der Waals surface area (Å²) in [7, 11) is 0. The topological polar surface area (TPSA) is 69.6 Å². The van der Waals surface area contributed by atoms with Crippen LogP contribution in [0.15, 0.2) is 24.3 Å². The van der Waals surface area contributed by atoms with E-state index < -0.39 is 12.1 Å². The van der Waals surface area contributed by atoms with Gasteiger partial charge >= 0.3 is 0 Å². The van der Waals surface area contributed by atoms with Crippen LogP contribution in [0.4, 0.5) is 0 Å². The first-order valence-corrected chi connectivity index (χ1v) is 28.6. The van der Waals surface area contributed by atoms with E-state index in [1.54, 1.807) is 6.08 Å². The molecule has 0 aliphatic heterocycles. The molecule has 0 fully saturated rings. The van der Waals surface area contributed by atoms with E-state index in [1.807, 2.05) is 6.08 Å². The molecule has 368 valence electrons. The Morgan fingerprint density at radius 1 is 0.371 bits per heavy atom. The van der Waals surface area contributed by atoms with Gasteiger partial charge < -0.3 is 15.5 Å². The van der Waals surface area contributed by atoms with Crippen LogP contribution in [0.3, 0.4) is 0 Å². The lowest BCUT2D eigenvalue weighted by Gasteiger charge is -2.19. The lowest BCUT2D eigenvalue weighted by molar-refractivity contribution is -0.123. The lowest BCUT2D eigenvalue weighted by atomic mass is 10.0. The summed E-state index contributed by atoms with van der Waals surface area (Å²) in [6.45, 7) is 4.34. The van der Waals surface area contributed by atoms with Gasteiger partial charge in [-0.25, -0.2) is 0 Å². The fourth-order valence-electron chi connectivity index (χ4n) is 9.08.